The first-order chi connectivity index (χ1) is 12.2. The number of aliphatic hydroxyl groups excluding tert-OH is 1. The highest BCUT2D eigenvalue weighted by Crippen LogP contribution is 2.24. The molecule has 132 valence electrons. The van der Waals surface area contributed by atoms with E-state index in [4.69, 9.17) is 14.6 Å². The number of hydrogen-bond acceptors (Lipinski definition) is 5. The van der Waals surface area contributed by atoms with Gasteiger partial charge in [0.15, 0.2) is 0 Å². The number of nitrogens with zero attached hydrogens (tertiary/aromatic N) is 2. The van der Waals surface area contributed by atoms with E-state index in [1.54, 1.807) is 7.11 Å². The maximum atomic E-state index is 8.73. The molecule has 0 bridgehead atoms. The predicted molar refractivity (Wildman–Crippen MR) is 97.8 cm³/mol. The van der Waals surface area contributed by atoms with Crippen molar-refractivity contribution >= 4 is 10.8 Å². The first kappa shape index (κ1) is 17.3. The van der Waals surface area contributed by atoms with Gasteiger partial charge in [0.05, 0.1) is 19.4 Å². The van der Waals surface area contributed by atoms with E-state index in [1.807, 2.05) is 41.9 Å². The molecule has 0 aliphatic heterocycles. The average molecular weight is 341 g/mol. The van der Waals surface area contributed by atoms with E-state index >= 15 is 0 Å². The summed E-state index contributed by atoms with van der Waals surface area (Å²) in [5, 5.41) is 18.6. The highest BCUT2D eigenvalue weighted by molar-refractivity contribution is 5.85. The predicted octanol–water partition coefficient (Wildman–Crippen LogP) is 2.30. The molecule has 0 unspecified atom stereocenters. The summed E-state index contributed by atoms with van der Waals surface area (Å²) in [5.41, 5.74) is 2.00. The highest BCUT2D eigenvalue weighted by Gasteiger charge is 2.08. The second kappa shape index (κ2) is 8.00. The van der Waals surface area contributed by atoms with Crippen LogP contribution in [0.1, 0.15) is 5.69 Å². The molecular weight excluding hydrogens is 318 g/mol. The third-order valence-electron chi connectivity index (χ3n) is 3.96. The van der Waals surface area contributed by atoms with Crippen molar-refractivity contribution in [2.24, 2.45) is 0 Å². The van der Waals surface area contributed by atoms with Gasteiger partial charge in [-0.05, 0) is 42.0 Å². The Balaban J connectivity index is 1.76. The minimum absolute atomic E-state index is 0.127. The fraction of sp³-hybridized carbons (Fsp3) is 0.316. The smallest absolute Gasteiger partial charge is 0.233 e. The standard InChI is InChI=1S/C19H23N3O3/c1-14-11-19(25-10-8-20-7-9-23)21-22(14)17-5-3-16-13-18(24-2)6-4-15(16)12-17/h3-6,11-13,20,23H,7-10H2,1-2H3. The fourth-order valence-electron chi connectivity index (χ4n) is 2.68. The Morgan fingerprint density at radius 2 is 1.88 bits per heavy atom. The van der Waals surface area contributed by atoms with Crippen molar-refractivity contribution in [3.8, 4) is 17.3 Å². The summed E-state index contributed by atoms with van der Waals surface area (Å²) in [4.78, 5) is 0. The van der Waals surface area contributed by atoms with Crippen molar-refractivity contribution in [3.05, 3.63) is 48.2 Å². The van der Waals surface area contributed by atoms with Gasteiger partial charge in [-0.2, -0.15) is 0 Å². The number of methoxy groups -OCH3 is 1. The van der Waals surface area contributed by atoms with Crippen molar-refractivity contribution in [1.29, 1.82) is 0 Å². The Kier molecular flexibility index (Phi) is 5.53. The molecule has 1 heterocycles. The zero-order valence-electron chi connectivity index (χ0n) is 14.5. The summed E-state index contributed by atoms with van der Waals surface area (Å²) >= 11 is 0. The second-order valence-corrected chi connectivity index (χ2v) is 5.76. The van der Waals surface area contributed by atoms with Crippen LogP contribution >= 0.6 is 0 Å². The number of fused-ring (bicyclic) bond motifs is 1. The van der Waals surface area contributed by atoms with Gasteiger partial charge in [0, 0.05) is 24.8 Å². The van der Waals surface area contributed by atoms with Gasteiger partial charge < -0.3 is 19.9 Å². The maximum absolute atomic E-state index is 8.73. The van der Waals surface area contributed by atoms with Crippen LogP contribution in [0, 0.1) is 6.92 Å². The van der Waals surface area contributed by atoms with Gasteiger partial charge in [-0.15, -0.1) is 5.10 Å². The molecule has 2 N–H and O–H groups in total. The average Bonchev–Trinajstić information content (AvgIpc) is 3.01. The quantitative estimate of drug-likeness (QED) is 0.615. The Bertz CT molecular complexity index is 845. The maximum Gasteiger partial charge on any atom is 0.233 e. The van der Waals surface area contributed by atoms with Gasteiger partial charge >= 0.3 is 0 Å². The number of hydrogen-bond donors (Lipinski definition) is 2. The van der Waals surface area contributed by atoms with Crippen LogP contribution < -0.4 is 14.8 Å². The molecule has 6 heteroatoms. The van der Waals surface area contributed by atoms with E-state index in [9.17, 15) is 0 Å². The third kappa shape index (κ3) is 4.10. The monoisotopic (exact) mass is 341 g/mol. The molecule has 0 spiro atoms. The Morgan fingerprint density at radius 1 is 1.08 bits per heavy atom. The first-order valence-corrected chi connectivity index (χ1v) is 8.30. The summed E-state index contributed by atoms with van der Waals surface area (Å²) in [5.74, 6) is 1.44. The molecule has 0 radical (unpaired) electrons. The van der Waals surface area contributed by atoms with E-state index in [-0.39, 0.29) is 6.61 Å². The fourth-order valence-corrected chi connectivity index (χ4v) is 2.68. The van der Waals surface area contributed by atoms with Crippen LogP contribution in [0.15, 0.2) is 42.5 Å². The highest BCUT2D eigenvalue weighted by atomic mass is 16.5. The minimum Gasteiger partial charge on any atom is -0.497 e. The summed E-state index contributed by atoms with van der Waals surface area (Å²) < 4.78 is 12.8. The molecule has 3 rings (SSSR count). The zero-order valence-corrected chi connectivity index (χ0v) is 14.5. The molecule has 0 aliphatic rings. The van der Waals surface area contributed by atoms with E-state index in [0.29, 0.717) is 25.6 Å². The number of aliphatic hydroxyl groups is 1. The normalized spacial score (nSPS) is 11.0. The van der Waals surface area contributed by atoms with Crippen LogP contribution in [-0.2, 0) is 0 Å². The molecule has 0 aliphatic carbocycles. The number of aromatic nitrogens is 2. The second-order valence-electron chi connectivity index (χ2n) is 5.76. The lowest BCUT2D eigenvalue weighted by atomic mass is 10.1. The molecule has 0 saturated heterocycles. The molecule has 2 aromatic carbocycles. The van der Waals surface area contributed by atoms with Crippen molar-refractivity contribution in [1.82, 2.24) is 15.1 Å². The number of rotatable bonds is 8. The number of benzene rings is 2. The van der Waals surface area contributed by atoms with Crippen molar-refractivity contribution < 1.29 is 14.6 Å². The topological polar surface area (TPSA) is 68.5 Å². The van der Waals surface area contributed by atoms with Gasteiger partial charge in [-0.25, -0.2) is 4.68 Å². The molecule has 0 atom stereocenters. The van der Waals surface area contributed by atoms with Gasteiger partial charge in [-0.3, -0.25) is 0 Å². The molecule has 6 nitrogen and oxygen atoms in total. The van der Waals surface area contributed by atoms with Crippen LogP contribution in [0.4, 0.5) is 0 Å². The van der Waals surface area contributed by atoms with Crippen LogP contribution in [0.25, 0.3) is 16.5 Å². The van der Waals surface area contributed by atoms with E-state index < -0.39 is 0 Å². The summed E-state index contributed by atoms with van der Waals surface area (Å²) in [6.45, 7) is 3.88. The summed E-state index contributed by atoms with van der Waals surface area (Å²) in [6, 6.07) is 14.1. The number of nitrogens with one attached hydrogen (secondary N) is 1. The lowest BCUT2D eigenvalue weighted by Crippen LogP contribution is -2.24. The van der Waals surface area contributed by atoms with Crippen LogP contribution in [-0.4, -0.2) is 48.3 Å². The molecule has 1 aromatic heterocycles. The first-order valence-electron chi connectivity index (χ1n) is 8.30. The largest absolute Gasteiger partial charge is 0.497 e. The summed E-state index contributed by atoms with van der Waals surface area (Å²) in [6.07, 6.45) is 0. The van der Waals surface area contributed by atoms with Crippen molar-refractivity contribution in [2.45, 2.75) is 6.92 Å². The number of aryl methyl sites for hydroxylation is 1. The van der Waals surface area contributed by atoms with Crippen molar-refractivity contribution in [3.63, 3.8) is 0 Å². The van der Waals surface area contributed by atoms with E-state index in [0.717, 1.165) is 27.9 Å². The Labute approximate surface area is 147 Å². The third-order valence-corrected chi connectivity index (χ3v) is 3.96. The van der Waals surface area contributed by atoms with E-state index in [2.05, 4.69) is 22.5 Å². The van der Waals surface area contributed by atoms with Crippen LogP contribution in [0.2, 0.25) is 0 Å². The van der Waals surface area contributed by atoms with E-state index in [1.165, 1.54) is 0 Å². The Morgan fingerprint density at radius 3 is 2.68 bits per heavy atom. The number of ether oxygens (including phenoxy) is 2. The molecule has 0 fully saturated rings. The zero-order chi connectivity index (χ0) is 17.6. The van der Waals surface area contributed by atoms with Crippen LogP contribution in [0.5, 0.6) is 11.6 Å². The molecular formula is C19H23N3O3. The van der Waals surface area contributed by atoms with Gasteiger partial charge in [0.25, 0.3) is 0 Å². The molecule has 25 heavy (non-hydrogen) atoms. The molecule has 0 saturated carbocycles. The minimum atomic E-state index is 0.127. The lowest BCUT2D eigenvalue weighted by molar-refractivity contribution is 0.271. The van der Waals surface area contributed by atoms with Gasteiger partial charge in [-0.1, -0.05) is 12.1 Å². The van der Waals surface area contributed by atoms with Crippen LogP contribution in [0.3, 0.4) is 0 Å². The summed E-state index contributed by atoms with van der Waals surface area (Å²) in [7, 11) is 1.67. The van der Waals surface area contributed by atoms with Crippen molar-refractivity contribution in [2.75, 3.05) is 33.4 Å². The SMILES string of the molecule is COc1ccc2cc(-n3nc(OCCNCCO)cc3C)ccc2c1. The van der Waals surface area contributed by atoms with Gasteiger partial charge in [0.2, 0.25) is 5.88 Å². The molecule has 3 aromatic rings. The Hall–Kier alpha value is -2.57. The van der Waals surface area contributed by atoms with Gasteiger partial charge in [0.1, 0.15) is 12.4 Å². The lowest BCUT2D eigenvalue weighted by Gasteiger charge is -2.07. The molecule has 0 amide bonds.